The largest absolute Gasteiger partial charge is 0.445 e. The van der Waals surface area contributed by atoms with Crippen molar-refractivity contribution in [2.75, 3.05) is 18.0 Å². The van der Waals surface area contributed by atoms with Gasteiger partial charge in [0, 0.05) is 31.5 Å². The number of rotatable bonds is 6. The summed E-state index contributed by atoms with van der Waals surface area (Å²) in [6.45, 7) is 4.18. The summed E-state index contributed by atoms with van der Waals surface area (Å²) >= 11 is 0. The van der Waals surface area contributed by atoms with Crippen LogP contribution in [0.15, 0.2) is 78.9 Å². The normalized spacial score (nSPS) is 22.2. The Bertz CT molecular complexity index is 1240. The van der Waals surface area contributed by atoms with Crippen LogP contribution in [0.3, 0.4) is 0 Å². The van der Waals surface area contributed by atoms with Gasteiger partial charge in [-0.15, -0.1) is 0 Å². The number of anilines is 1. The van der Waals surface area contributed by atoms with Gasteiger partial charge in [-0.05, 0) is 61.2 Å². The Labute approximate surface area is 219 Å². The summed E-state index contributed by atoms with van der Waals surface area (Å²) in [4.78, 5) is 17.4. The van der Waals surface area contributed by atoms with Gasteiger partial charge in [-0.25, -0.2) is 9.18 Å². The molecule has 3 unspecified atom stereocenters. The third-order valence-electron chi connectivity index (χ3n) is 7.70. The van der Waals surface area contributed by atoms with Crippen LogP contribution in [-0.2, 0) is 17.5 Å². The minimum Gasteiger partial charge on any atom is -0.445 e. The van der Waals surface area contributed by atoms with Gasteiger partial charge in [0.1, 0.15) is 11.9 Å². The molecule has 1 saturated carbocycles. The standard InChI is InChI=1S/C30H30F4N2O2/c1-20(22-12-14-25(15-13-22)30(32,33)34)36(27-9-5-8-26(31)16-27)29(37)38-28-23-10-11-24(28)19-35(18-23)17-21-6-3-2-4-7-21/h2-9,12-16,20,23-24,28H,10-11,17-19H2,1H3. The molecule has 1 heterocycles. The summed E-state index contributed by atoms with van der Waals surface area (Å²) in [5.41, 5.74) is 1.24. The van der Waals surface area contributed by atoms with E-state index in [1.807, 2.05) is 18.2 Å². The lowest BCUT2D eigenvalue weighted by Crippen LogP contribution is -2.48. The average molecular weight is 527 g/mol. The number of hydrogen-bond acceptors (Lipinski definition) is 3. The molecule has 1 aliphatic heterocycles. The van der Waals surface area contributed by atoms with E-state index in [1.54, 1.807) is 13.0 Å². The van der Waals surface area contributed by atoms with Crippen LogP contribution in [-0.4, -0.2) is 30.2 Å². The second-order valence-corrected chi connectivity index (χ2v) is 10.3. The third kappa shape index (κ3) is 5.70. The molecule has 3 atom stereocenters. The Hall–Kier alpha value is -3.39. The lowest BCUT2D eigenvalue weighted by molar-refractivity contribution is -0.137. The zero-order chi connectivity index (χ0) is 26.9. The molecule has 1 amide bonds. The first-order valence-electron chi connectivity index (χ1n) is 12.9. The number of ether oxygens (including phenoxy) is 1. The van der Waals surface area contributed by atoms with E-state index in [-0.39, 0.29) is 23.6 Å². The van der Waals surface area contributed by atoms with Gasteiger partial charge in [-0.1, -0.05) is 48.5 Å². The molecule has 5 rings (SSSR count). The molecule has 0 spiro atoms. The molecule has 8 heteroatoms. The summed E-state index contributed by atoms with van der Waals surface area (Å²) in [6, 6.07) is 19.9. The fourth-order valence-electron chi connectivity index (χ4n) is 5.82. The lowest BCUT2D eigenvalue weighted by atomic mass is 9.94. The number of carbonyl (C=O) groups is 1. The number of carbonyl (C=O) groups excluding carboxylic acids is 1. The van der Waals surface area contributed by atoms with Crippen molar-refractivity contribution < 1.29 is 27.1 Å². The van der Waals surface area contributed by atoms with Gasteiger partial charge in [0.25, 0.3) is 0 Å². The first kappa shape index (κ1) is 26.2. The monoisotopic (exact) mass is 526 g/mol. The molecule has 38 heavy (non-hydrogen) atoms. The minimum atomic E-state index is -4.46. The maximum absolute atomic E-state index is 14.1. The molecule has 1 aliphatic carbocycles. The molecule has 0 radical (unpaired) electrons. The van der Waals surface area contributed by atoms with E-state index < -0.39 is 29.7 Å². The molecule has 1 saturated heterocycles. The van der Waals surface area contributed by atoms with Crippen molar-refractivity contribution in [3.05, 3.63) is 101 Å². The summed E-state index contributed by atoms with van der Waals surface area (Å²) < 4.78 is 59.5. The lowest BCUT2D eigenvalue weighted by Gasteiger charge is -2.39. The van der Waals surface area contributed by atoms with E-state index in [1.165, 1.54) is 40.8 Å². The number of benzene rings is 3. The molecule has 4 nitrogen and oxygen atoms in total. The van der Waals surface area contributed by atoms with Crippen LogP contribution in [0.25, 0.3) is 0 Å². The quantitative estimate of drug-likeness (QED) is 0.313. The molecular weight excluding hydrogens is 496 g/mol. The van der Waals surface area contributed by atoms with Crippen molar-refractivity contribution in [3.8, 4) is 0 Å². The zero-order valence-electron chi connectivity index (χ0n) is 21.1. The highest BCUT2D eigenvalue weighted by Gasteiger charge is 2.45. The van der Waals surface area contributed by atoms with Crippen molar-refractivity contribution in [1.82, 2.24) is 4.90 Å². The fraction of sp³-hybridized carbons (Fsp3) is 0.367. The Kier molecular flexibility index (Phi) is 7.43. The van der Waals surface area contributed by atoms with Crippen LogP contribution in [0.4, 0.5) is 28.0 Å². The predicted octanol–water partition coefficient (Wildman–Crippen LogP) is 7.46. The zero-order valence-corrected chi connectivity index (χ0v) is 21.1. The summed E-state index contributed by atoms with van der Waals surface area (Å²) in [6.07, 6.45) is -3.42. The minimum absolute atomic E-state index is 0.192. The van der Waals surface area contributed by atoms with Crippen LogP contribution in [0.2, 0.25) is 0 Å². The number of likely N-dealkylation sites (tertiary alicyclic amines) is 1. The number of hydrogen-bond donors (Lipinski definition) is 0. The van der Waals surface area contributed by atoms with E-state index in [4.69, 9.17) is 4.74 Å². The van der Waals surface area contributed by atoms with Gasteiger partial charge in [0.2, 0.25) is 0 Å². The summed E-state index contributed by atoms with van der Waals surface area (Å²) in [5, 5.41) is 0. The van der Waals surface area contributed by atoms with E-state index in [9.17, 15) is 22.4 Å². The molecule has 3 aromatic carbocycles. The highest BCUT2D eigenvalue weighted by Crippen LogP contribution is 2.41. The molecule has 0 aromatic heterocycles. The van der Waals surface area contributed by atoms with Crippen LogP contribution in [0.1, 0.15) is 42.5 Å². The van der Waals surface area contributed by atoms with Gasteiger partial charge in [-0.2, -0.15) is 13.2 Å². The van der Waals surface area contributed by atoms with E-state index in [0.29, 0.717) is 5.56 Å². The summed E-state index contributed by atoms with van der Waals surface area (Å²) in [7, 11) is 0. The molecule has 200 valence electrons. The molecule has 3 aromatic rings. The highest BCUT2D eigenvalue weighted by atomic mass is 19.4. The maximum Gasteiger partial charge on any atom is 0.416 e. The van der Waals surface area contributed by atoms with E-state index in [2.05, 4.69) is 17.0 Å². The topological polar surface area (TPSA) is 32.8 Å². The second kappa shape index (κ2) is 10.8. The van der Waals surface area contributed by atoms with Crippen molar-refractivity contribution in [3.63, 3.8) is 0 Å². The van der Waals surface area contributed by atoms with E-state index in [0.717, 1.165) is 44.6 Å². The van der Waals surface area contributed by atoms with Crippen molar-refractivity contribution in [2.24, 2.45) is 11.8 Å². The molecule has 0 N–H and O–H groups in total. The Morgan fingerprint density at radius 1 is 0.974 bits per heavy atom. The van der Waals surface area contributed by atoms with Gasteiger partial charge in [0.15, 0.2) is 0 Å². The number of fused-ring (bicyclic) bond motifs is 2. The maximum atomic E-state index is 14.1. The Balaban J connectivity index is 1.34. The molecule has 2 aliphatic rings. The SMILES string of the molecule is CC(c1ccc(C(F)(F)F)cc1)N(C(=O)OC1C2CCC1CN(Cc1ccccc1)C2)c1cccc(F)c1. The van der Waals surface area contributed by atoms with Crippen molar-refractivity contribution in [1.29, 1.82) is 0 Å². The first-order valence-corrected chi connectivity index (χ1v) is 12.9. The number of halogens is 4. The fourth-order valence-corrected chi connectivity index (χ4v) is 5.82. The van der Waals surface area contributed by atoms with Gasteiger partial charge in [0.05, 0.1) is 17.3 Å². The van der Waals surface area contributed by atoms with Crippen molar-refractivity contribution in [2.45, 2.75) is 44.6 Å². The third-order valence-corrected chi connectivity index (χ3v) is 7.70. The highest BCUT2D eigenvalue weighted by molar-refractivity contribution is 5.88. The molecule has 2 bridgehead atoms. The number of amides is 1. The predicted molar refractivity (Wildman–Crippen MR) is 137 cm³/mol. The Morgan fingerprint density at radius 2 is 1.63 bits per heavy atom. The number of piperidine rings is 1. The van der Waals surface area contributed by atoms with Crippen LogP contribution in [0, 0.1) is 17.7 Å². The smallest absolute Gasteiger partial charge is 0.416 e. The number of alkyl halides is 3. The first-order chi connectivity index (χ1) is 18.2. The van der Waals surface area contributed by atoms with Gasteiger partial charge < -0.3 is 4.74 Å². The van der Waals surface area contributed by atoms with Gasteiger partial charge in [-0.3, -0.25) is 9.80 Å². The van der Waals surface area contributed by atoms with Gasteiger partial charge >= 0.3 is 12.3 Å². The van der Waals surface area contributed by atoms with Crippen LogP contribution in [0.5, 0.6) is 0 Å². The van der Waals surface area contributed by atoms with E-state index >= 15 is 0 Å². The van der Waals surface area contributed by atoms with Crippen LogP contribution >= 0.6 is 0 Å². The second-order valence-electron chi connectivity index (χ2n) is 10.3. The van der Waals surface area contributed by atoms with Crippen molar-refractivity contribution >= 4 is 11.8 Å². The summed E-state index contributed by atoms with van der Waals surface area (Å²) in [5.74, 6) is -0.136. The molecule has 2 fully saturated rings. The number of nitrogens with zero attached hydrogens (tertiary/aromatic N) is 2. The molecular formula is C30H30F4N2O2. The Morgan fingerprint density at radius 3 is 2.24 bits per heavy atom. The average Bonchev–Trinajstić information content (AvgIpc) is 3.11. The van der Waals surface area contributed by atoms with Crippen LogP contribution < -0.4 is 4.90 Å².